The predicted molar refractivity (Wildman–Crippen MR) is 112 cm³/mol. The van der Waals surface area contributed by atoms with E-state index in [0.29, 0.717) is 22.9 Å². The van der Waals surface area contributed by atoms with Crippen molar-refractivity contribution in [3.63, 3.8) is 0 Å². The van der Waals surface area contributed by atoms with E-state index in [-0.39, 0.29) is 11.9 Å². The lowest BCUT2D eigenvalue weighted by Crippen LogP contribution is -2.13. The van der Waals surface area contributed by atoms with Crippen molar-refractivity contribution in [2.75, 3.05) is 10.6 Å². The van der Waals surface area contributed by atoms with Crippen LogP contribution in [0.25, 0.3) is 11.5 Å². The number of hydrogen-bond donors (Lipinski definition) is 3. The van der Waals surface area contributed by atoms with Gasteiger partial charge in [-0.15, -0.1) is 10.2 Å². The molecule has 0 unspecified atom stereocenters. The Labute approximate surface area is 168 Å². The maximum Gasteiger partial charge on any atom is 0.256 e. The maximum atomic E-state index is 12.7. The van der Waals surface area contributed by atoms with Crippen LogP contribution < -0.4 is 10.6 Å². The second kappa shape index (κ2) is 7.97. The zero-order valence-corrected chi connectivity index (χ0v) is 16.1. The highest BCUT2D eigenvalue weighted by Crippen LogP contribution is 2.21. The van der Waals surface area contributed by atoms with Gasteiger partial charge < -0.3 is 20.2 Å². The van der Waals surface area contributed by atoms with Crippen LogP contribution in [0.1, 0.15) is 30.2 Å². The molecular weight excluding hydrogens is 366 g/mol. The van der Waals surface area contributed by atoms with Crippen LogP contribution in [-0.2, 0) is 0 Å². The molecular formula is C21H21N7O. The first-order valence-electron chi connectivity index (χ1n) is 9.29. The fraction of sp³-hybridized carbons (Fsp3) is 0.143. The largest absolute Gasteiger partial charge is 0.348 e. The Morgan fingerprint density at radius 3 is 2.76 bits per heavy atom. The molecule has 3 aromatic heterocycles. The average molecular weight is 387 g/mol. The van der Waals surface area contributed by atoms with Crippen molar-refractivity contribution in [1.29, 1.82) is 0 Å². The molecule has 0 aliphatic heterocycles. The van der Waals surface area contributed by atoms with E-state index in [0.717, 1.165) is 11.5 Å². The van der Waals surface area contributed by atoms with Crippen LogP contribution >= 0.6 is 0 Å². The van der Waals surface area contributed by atoms with Gasteiger partial charge in [0, 0.05) is 23.5 Å². The molecule has 0 radical (unpaired) electrons. The molecule has 0 saturated heterocycles. The Kier molecular flexibility index (Phi) is 5.07. The molecule has 4 aromatic rings. The van der Waals surface area contributed by atoms with Crippen LogP contribution in [0, 0.1) is 0 Å². The average Bonchev–Trinajstić information content (AvgIpc) is 3.40. The van der Waals surface area contributed by atoms with Crippen molar-refractivity contribution >= 4 is 23.2 Å². The summed E-state index contributed by atoms with van der Waals surface area (Å²) in [5.74, 6) is 1.73. The normalized spacial score (nSPS) is 10.9. The Hall–Kier alpha value is -3.94. The highest BCUT2D eigenvalue weighted by Gasteiger charge is 2.13. The van der Waals surface area contributed by atoms with Crippen LogP contribution in [0.4, 0.5) is 17.3 Å². The molecule has 0 aliphatic carbocycles. The van der Waals surface area contributed by atoms with E-state index in [1.807, 2.05) is 61.0 Å². The van der Waals surface area contributed by atoms with Crippen molar-refractivity contribution in [3.05, 3.63) is 72.7 Å². The van der Waals surface area contributed by atoms with Gasteiger partial charge in [0.2, 0.25) is 0 Å². The van der Waals surface area contributed by atoms with Crippen molar-refractivity contribution in [2.24, 2.45) is 0 Å². The number of carbonyl (C=O) groups is 1. The van der Waals surface area contributed by atoms with E-state index >= 15 is 0 Å². The molecule has 8 heteroatoms. The predicted octanol–water partition coefficient (Wildman–Crippen LogP) is 4.25. The number of H-pyrrole nitrogens is 1. The lowest BCUT2D eigenvalue weighted by atomic mass is 10.2. The third-order valence-electron chi connectivity index (χ3n) is 4.35. The van der Waals surface area contributed by atoms with Gasteiger partial charge in [-0.3, -0.25) is 4.79 Å². The lowest BCUT2D eigenvalue weighted by Gasteiger charge is -2.11. The van der Waals surface area contributed by atoms with Gasteiger partial charge >= 0.3 is 0 Å². The number of carbonyl (C=O) groups excluding carboxylic acids is 1. The number of rotatable bonds is 6. The monoisotopic (exact) mass is 387 g/mol. The number of anilines is 3. The minimum atomic E-state index is -0.241. The fourth-order valence-corrected chi connectivity index (χ4v) is 2.92. The van der Waals surface area contributed by atoms with Crippen LogP contribution in [0.3, 0.4) is 0 Å². The van der Waals surface area contributed by atoms with Crippen LogP contribution in [-0.4, -0.2) is 30.6 Å². The molecule has 0 saturated carbocycles. The highest BCUT2D eigenvalue weighted by molar-refractivity contribution is 6.04. The van der Waals surface area contributed by atoms with E-state index < -0.39 is 0 Å². The van der Waals surface area contributed by atoms with Gasteiger partial charge in [0.1, 0.15) is 23.7 Å². The molecule has 0 bridgehead atoms. The lowest BCUT2D eigenvalue weighted by molar-refractivity contribution is 0.102. The van der Waals surface area contributed by atoms with E-state index in [9.17, 15) is 4.79 Å². The molecule has 0 aliphatic rings. The standard InChI is InChI=1S/C21H21N7O/c1-14(2)28-13-23-27-20(28)17-8-4-9-19(25-17)26-21(29)15-6-3-7-16(12-15)24-18-10-5-11-22-18/h3-14,22,24H,1-2H3,(H,25,26,29). The molecule has 0 atom stereocenters. The first kappa shape index (κ1) is 18.4. The van der Waals surface area contributed by atoms with Gasteiger partial charge in [0.05, 0.1) is 0 Å². The molecule has 29 heavy (non-hydrogen) atoms. The molecule has 1 amide bonds. The number of aromatic nitrogens is 5. The fourth-order valence-electron chi connectivity index (χ4n) is 2.92. The number of hydrogen-bond acceptors (Lipinski definition) is 5. The zero-order chi connectivity index (χ0) is 20.2. The molecule has 8 nitrogen and oxygen atoms in total. The maximum absolute atomic E-state index is 12.7. The van der Waals surface area contributed by atoms with Gasteiger partial charge in [-0.1, -0.05) is 12.1 Å². The third-order valence-corrected chi connectivity index (χ3v) is 4.35. The molecule has 1 aromatic carbocycles. The van der Waals surface area contributed by atoms with E-state index in [1.165, 1.54) is 0 Å². The van der Waals surface area contributed by atoms with Crippen molar-refractivity contribution in [2.45, 2.75) is 19.9 Å². The van der Waals surface area contributed by atoms with Crippen LogP contribution in [0.2, 0.25) is 0 Å². The smallest absolute Gasteiger partial charge is 0.256 e. The van der Waals surface area contributed by atoms with Crippen molar-refractivity contribution in [1.82, 2.24) is 24.7 Å². The summed E-state index contributed by atoms with van der Waals surface area (Å²) in [6.45, 7) is 4.10. The summed E-state index contributed by atoms with van der Waals surface area (Å²) in [6, 6.07) is 16.7. The number of benzene rings is 1. The molecule has 0 spiro atoms. The molecule has 146 valence electrons. The van der Waals surface area contributed by atoms with Crippen molar-refractivity contribution in [3.8, 4) is 11.5 Å². The second-order valence-corrected chi connectivity index (χ2v) is 6.81. The Morgan fingerprint density at radius 2 is 1.97 bits per heavy atom. The minimum Gasteiger partial charge on any atom is -0.348 e. The summed E-state index contributed by atoms with van der Waals surface area (Å²) < 4.78 is 1.93. The summed E-state index contributed by atoms with van der Waals surface area (Å²) in [5.41, 5.74) is 1.99. The second-order valence-electron chi connectivity index (χ2n) is 6.81. The van der Waals surface area contributed by atoms with Crippen molar-refractivity contribution < 1.29 is 4.79 Å². The number of nitrogens with zero attached hydrogens (tertiary/aromatic N) is 4. The van der Waals surface area contributed by atoms with Gasteiger partial charge in [-0.05, 0) is 56.3 Å². The number of nitrogens with one attached hydrogen (secondary N) is 3. The topological polar surface area (TPSA) is 101 Å². The quantitative estimate of drug-likeness (QED) is 0.459. The number of amides is 1. The van der Waals surface area contributed by atoms with E-state index in [2.05, 4.69) is 30.8 Å². The molecule has 4 rings (SSSR count). The molecule has 3 N–H and O–H groups in total. The Balaban J connectivity index is 1.52. The highest BCUT2D eigenvalue weighted by atomic mass is 16.1. The summed E-state index contributed by atoms with van der Waals surface area (Å²) in [6.07, 6.45) is 3.51. The van der Waals surface area contributed by atoms with Gasteiger partial charge in [-0.25, -0.2) is 4.98 Å². The van der Waals surface area contributed by atoms with Gasteiger partial charge in [-0.2, -0.15) is 0 Å². The molecule has 0 fully saturated rings. The molecule has 3 heterocycles. The van der Waals surface area contributed by atoms with Gasteiger partial charge in [0.25, 0.3) is 5.91 Å². The third kappa shape index (κ3) is 4.16. The summed E-state index contributed by atoms with van der Waals surface area (Å²) in [7, 11) is 0. The Bertz CT molecular complexity index is 1120. The van der Waals surface area contributed by atoms with E-state index in [4.69, 9.17) is 0 Å². The SMILES string of the molecule is CC(C)n1cnnc1-c1cccc(NC(=O)c2cccc(Nc3ccc[nH]3)c2)n1. The number of pyridine rings is 1. The minimum absolute atomic E-state index is 0.204. The van der Waals surface area contributed by atoms with E-state index in [1.54, 1.807) is 24.5 Å². The van der Waals surface area contributed by atoms with Crippen LogP contribution in [0.15, 0.2) is 67.1 Å². The summed E-state index contributed by atoms with van der Waals surface area (Å²) in [4.78, 5) is 20.3. The summed E-state index contributed by atoms with van der Waals surface area (Å²) in [5, 5.41) is 14.2. The number of aromatic amines is 1. The Morgan fingerprint density at radius 1 is 1.10 bits per heavy atom. The first-order valence-corrected chi connectivity index (χ1v) is 9.29. The first-order chi connectivity index (χ1) is 14.1. The van der Waals surface area contributed by atoms with Gasteiger partial charge in [0.15, 0.2) is 5.82 Å². The summed E-state index contributed by atoms with van der Waals surface area (Å²) >= 11 is 0. The van der Waals surface area contributed by atoms with Crippen LogP contribution in [0.5, 0.6) is 0 Å². The zero-order valence-electron chi connectivity index (χ0n) is 16.1.